The van der Waals surface area contributed by atoms with Crippen molar-refractivity contribution >= 4 is 70.3 Å². The van der Waals surface area contributed by atoms with E-state index in [9.17, 15) is 0 Å². The zero-order valence-corrected chi connectivity index (χ0v) is 28.8. The number of rotatable bonds is 4. The quantitative estimate of drug-likeness (QED) is 0.185. The van der Waals surface area contributed by atoms with E-state index in [1.54, 1.807) is 0 Å². The van der Waals surface area contributed by atoms with Crippen LogP contribution in [0.4, 0.5) is 0 Å². The number of thiophene rings is 1. The van der Waals surface area contributed by atoms with E-state index in [1.807, 2.05) is 41.7 Å². The van der Waals surface area contributed by atoms with E-state index >= 15 is 0 Å². The molecule has 1 aliphatic carbocycles. The van der Waals surface area contributed by atoms with Crippen LogP contribution in [-0.2, 0) is 6.42 Å². The Morgan fingerprint density at radius 3 is 2.23 bits per heavy atom. The number of fused-ring (bicyclic) bond motifs is 9. The van der Waals surface area contributed by atoms with Gasteiger partial charge in [0.05, 0.1) is 0 Å². The smallest absolute Gasteiger partial charge is 0.165 e. The number of aromatic nitrogens is 3. The lowest BCUT2D eigenvalue weighted by Gasteiger charge is -2.15. The molecule has 10 aromatic rings. The Morgan fingerprint density at radius 2 is 1.31 bits per heavy atom. The van der Waals surface area contributed by atoms with Crippen molar-refractivity contribution in [1.29, 1.82) is 0 Å². The highest BCUT2D eigenvalue weighted by atomic mass is 32.1. The van der Waals surface area contributed by atoms with Gasteiger partial charge in [-0.1, -0.05) is 115 Å². The molecule has 0 amide bonds. The van der Waals surface area contributed by atoms with Crippen molar-refractivity contribution in [3.05, 3.63) is 157 Å². The van der Waals surface area contributed by atoms with Gasteiger partial charge in [0, 0.05) is 47.6 Å². The van der Waals surface area contributed by atoms with E-state index in [2.05, 4.69) is 121 Å². The molecule has 0 bridgehead atoms. The molecule has 11 rings (SSSR count). The second-order valence-corrected chi connectivity index (χ2v) is 14.5. The van der Waals surface area contributed by atoms with Crippen molar-refractivity contribution < 1.29 is 4.42 Å². The Kier molecular flexibility index (Phi) is 6.51. The fraction of sp³-hybridized carbons (Fsp3) is 0.0426. The summed E-state index contributed by atoms with van der Waals surface area (Å²) in [6.07, 6.45) is 6.71. The maximum atomic E-state index is 6.50. The lowest BCUT2D eigenvalue weighted by atomic mass is 9.91. The average Bonchev–Trinajstić information content (AvgIpc) is 3.79. The van der Waals surface area contributed by atoms with E-state index in [1.165, 1.54) is 42.1 Å². The van der Waals surface area contributed by atoms with Crippen LogP contribution < -0.4 is 0 Å². The Balaban J connectivity index is 1.23. The van der Waals surface area contributed by atoms with Gasteiger partial charge < -0.3 is 4.42 Å². The van der Waals surface area contributed by atoms with Crippen LogP contribution in [-0.4, -0.2) is 15.0 Å². The van der Waals surface area contributed by atoms with Gasteiger partial charge in [-0.25, -0.2) is 15.0 Å². The first-order valence-electron chi connectivity index (χ1n) is 17.7. The van der Waals surface area contributed by atoms with Crippen LogP contribution in [0.3, 0.4) is 0 Å². The SMILES string of the molecule is C1=Cc2c(ccc3cc(-c4nc(-c5ccccc5)nc(-c5c(-c6cccc7sc8ccccc8c67)ccc6oc7ccccc7c56)n4)ccc23)CC1. The highest BCUT2D eigenvalue weighted by Gasteiger charge is 2.24. The molecule has 0 N–H and O–H groups in total. The Bertz CT molecular complexity index is 3080. The highest BCUT2D eigenvalue weighted by molar-refractivity contribution is 7.25. The zero-order chi connectivity index (χ0) is 34.2. The number of hydrogen-bond acceptors (Lipinski definition) is 5. The molecule has 0 atom stereocenters. The summed E-state index contributed by atoms with van der Waals surface area (Å²) in [6, 6.07) is 49.1. The summed E-state index contributed by atoms with van der Waals surface area (Å²) in [6.45, 7) is 0. The van der Waals surface area contributed by atoms with Gasteiger partial charge in [-0.2, -0.15) is 0 Å². The fourth-order valence-electron chi connectivity index (χ4n) is 8.00. The third-order valence-corrected chi connectivity index (χ3v) is 11.5. The zero-order valence-electron chi connectivity index (χ0n) is 28.0. The van der Waals surface area contributed by atoms with Gasteiger partial charge in [-0.05, 0) is 82.3 Å². The third kappa shape index (κ3) is 4.56. The van der Waals surface area contributed by atoms with Crippen LogP contribution in [0.5, 0.6) is 0 Å². The lowest BCUT2D eigenvalue weighted by Crippen LogP contribution is -2.02. The number of aryl methyl sites for hydroxylation is 1. The summed E-state index contributed by atoms with van der Waals surface area (Å²) >= 11 is 1.82. The van der Waals surface area contributed by atoms with E-state index < -0.39 is 0 Å². The molecule has 244 valence electrons. The molecule has 0 spiro atoms. The number of benzene rings is 7. The van der Waals surface area contributed by atoms with Crippen LogP contribution in [0.1, 0.15) is 17.5 Å². The highest BCUT2D eigenvalue weighted by Crippen LogP contribution is 2.47. The topological polar surface area (TPSA) is 51.8 Å². The summed E-state index contributed by atoms with van der Waals surface area (Å²) in [5, 5.41) is 6.94. The second-order valence-electron chi connectivity index (χ2n) is 13.4. The van der Waals surface area contributed by atoms with Gasteiger partial charge in [0.1, 0.15) is 11.2 Å². The van der Waals surface area contributed by atoms with Gasteiger partial charge in [0.25, 0.3) is 0 Å². The third-order valence-electron chi connectivity index (χ3n) is 10.4. The van der Waals surface area contributed by atoms with E-state index in [0.29, 0.717) is 17.5 Å². The number of furan rings is 1. The van der Waals surface area contributed by atoms with Gasteiger partial charge in [-0.15, -0.1) is 11.3 Å². The average molecular weight is 684 g/mol. The predicted molar refractivity (Wildman–Crippen MR) is 217 cm³/mol. The molecule has 1 aliphatic rings. The molecule has 3 aromatic heterocycles. The molecule has 0 fully saturated rings. The largest absolute Gasteiger partial charge is 0.456 e. The maximum Gasteiger partial charge on any atom is 0.165 e. The summed E-state index contributed by atoms with van der Waals surface area (Å²) in [4.78, 5) is 15.8. The summed E-state index contributed by atoms with van der Waals surface area (Å²) in [5.74, 6) is 1.87. The van der Waals surface area contributed by atoms with Crippen LogP contribution in [0.2, 0.25) is 0 Å². The Labute approximate surface area is 303 Å². The van der Waals surface area contributed by atoms with Crippen molar-refractivity contribution in [1.82, 2.24) is 15.0 Å². The van der Waals surface area contributed by atoms with Crippen molar-refractivity contribution in [3.63, 3.8) is 0 Å². The number of para-hydroxylation sites is 1. The van der Waals surface area contributed by atoms with Crippen LogP contribution in [0.15, 0.2) is 150 Å². The number of nitrogens with zero attached hydrogens (tertiary/aromatic N) is 3. The molecule has 0 radical (unpaired) electrons. The fourth-order valence-corrected chi connectivity index (χ4v) is 9.13. The molecule has 5 heteroatoms. The molecule has 4 nitrogen and oxygen atoms in total. The van der Waals surface area contributed by atoms with Crippen molar-refractivity contribution in [2.24, 2.45) is 0 Å². The first kappa shape index (κ1) is 29.3. The van der Waals surface area contributed by atoms with E-state index in [4.69, 9.17) is 19.4 Å². The number of allylic oxidation sites excluding steroid dienone is 1. The van der Waals surface area contributed by atoms with Gasteiger partial charge >= 0.3 is 0 Å². The first-order chi connectivity index (χ1) is 25.8. The minimum absolute atomic E-state index is 0.612. The molecular weight excluding hydrogens is 655 g/mol. The van der Waals surface area contributed by atoms with Gasteiger partial charge in [0.2, 0.25) is 0 Å². The van der Waals surface area contributed by atoms with E-state index in [0.717, 1.165) is 62.6 Å². The normalized spacial score (nSPS) is 12.8. The lowest BCUT2D eigenvalue weighted by molar-refractivity contribution is 0.669. The Hall–Kier alpha value is -6.43. The molecule has 52 heavy (non-hydrogen) atoms. The summed E-state index contributed by atoms with van der Waals surface area (Å²) < 4.78 is 9.01. The van der Waals surface area contributed by atoms with Crippen LogP contribution in [0.25, 0.3) is 104 Å². The minimum atomic E-state index is 0.612. The second kappa shape index (κ2) is 11.6. The predicted octanol–water partition coefficient (Wildman–Crippen LogP) is 12.9. The van der Waals surface area contributed by atoms with Crippen LogP contribution >= 0.6 is 11.3 Å². The summed E-state index contributed by atoms with van der Waals surface area (Å²) in [7, 11) is 0. The molecule has 0 saturated carbocycles. The monoisotopic (exact) mass is 683 g/mol. The van der Waals surface area contributed by atoms with Gasteiger partial charge in [-0.3, -0.25) is 0 Å². The molecule has 0 unspecified atom stereocenters. The number of hydrogen-bond donors (Lipinski definition) is 0. The van der Waals surface area contributed by atoms with E-state index in [-0.39, 0.29) is 0 Å². The van der Waals surface area contributed by atoms with Crippen molar-refractivity contribution in [3.8, 4) is 45.3 Å². The summed E-state index contributed by atoms with van der Waals surface area (Å²) in [5.41, 5.74) is 9.37. The maximum absolute atomic E-state index is 6.50. The van der Waals surface area contributed by atoms with Crippen LogP contribution in [0, 0.1) is 0 Å². The first-order valence-corrected chi connectivity index (χ1v) is 18.5. The molecule has 7 aromatic carbocycles. The van der Waals surface area contributed by atoms with Gasteiger partial charge in [0.15, 0.2) is 17.5 Å². The standard InChI is InChI=1S/C47H29N3OS/c1-2-12-29(13-3-1)45-48-46(31-23-24-33-30(27-31)22-21-28-11-4-5-14-32(28)33)50-47(49-45)44-35(25-26-39-43(44)36-15-6-8-18-38(36)51-39)34-17-10-20-41-42(34)37-16-7-9-19-40(37)52-41/h1-3,5-10,12-27H,4,11H2. The minimum Gasteiger partial charge on any atom is -0.456 e. The Morgan fingerprint density at radius 1 is 0.519 bits per heavy atom. The molecule has 3 heterocycles. The molecule has 0 aliphatic heterocycles. The molecule has 0 saturated heterocycles. The van der Waals surface area contributed by atoms with Crippen molar-refractivity contribution in [2.75, 3.05) is 0 Å². The molecular formula is C47H29N3OS. The van der Waals surface area contributed by atoms with Crippen molar-refractivity contribution in [2.45, 2.75) is 12.8 Å².